The van der Waals surface area contributed by atoms with E-state index in [2.05, 4.69) is 0 Å². The number of imidazole rings is 1. The Morgan fingerprint density at radius 1 is 1.17 bits per heavy atom. The highest BCUT2D eigenvalue weighted by atomic mass is 19.1. The lowest BCUT2D eigenvalue weighted by Crippen LogP contribution is -2.46. The Labute approximate surface area is 205 Å². The summed E-state index contributed by atoms with van der Waals surface area (Å²) in [5, 5.41) is 10.2. The number of aliphatic hydroxyl groups excluding tert-OH is 1. The van der Waals surface area contributed by atoms with Crippen LogP contribution in [0.4, 0.5) is 8.78 Å². The number of nitrogens with zero attached hydrogens (tertiary/aromatic N) is 3. The number of aliphatic hydroxyl groups is 1. The zero-order valence-corrected chi connectivity index (χ0v) is 20.7. The summed E-state index contributed by atoms with van der Waals surface area (Å²) in [7, 11) is 0. The topological polar surface area (TPSA) is 84.4 Å². The van der Waals surface area contributed by atoms with Gasteiger partial charge in [0.1, 0.15) is 23.6 Å². The predicted molar refractivity (Wildman–Crippen MR) is 132 cm³/mol. The third-order valence-corrected chi connectivity index (χ3v) is 5.83. The van der Waals surface area contributed by atoms with E-state index in [1.165, 1.54) is 6.92 Å². The van der Waals surface area contributed by atoms with E-state index in [1.807, 2.05) is 55.7 Å². The van der Waals surface area contributed by atoms with Gasteiger partial charge in [0.2, 0.25) is 0 Å². The fourth-order valence-electron chi connectivity index (χ4n) is 4.24. The number of hydrogen-bond acceptors (Lipinski definition) is 4. The maximum Gasteiger partial charge on any atom is 0.251 e. The van der Waals surface area contributed by atoms with E-state index in [-0.39, 0.29) is 11.3 Å². The fourth-order valence-corrected chi connectivity index (χ4v) is 4.24. The molecule has 0 aliphatic carbocycles. The summed E-state index contributed by atoms with van der Waals surface area (Å²) < 4.78 is 30.6. The number of hydrogen-bond donors (Lipinski definition) is 2. The Hall–Kier alpha value is -3.10. The van der Waals surface area contributed by atoms with Crippen LogP contribution < -0.4 is 5.73 Å². The van der Waals surface area contributed by atoms with Gasteiger partial charge in [-0.05, 0) is 49.1 Å². The molecule has 0 saturated carbocycles. The van der Waals surface area contributed by atoms with Crippen LogP contribution in [0.25, 0.3) is 11.3 Å². The van der Waals surface area contributed by atoms with E-state index in [1.54, 1.807) is 11.1 Å². The maximum absolute atomic E-state index is 14.7. The van der Waals surface area contributed by atoms with Crippen LogP contribution in [0.3, 0.4) is 0 Å². The minimum Gasteiger partial charge on any atom is -0.384 e. The van der Waals surface area contributed by atoms with Gasteiger partial charge >= 0.3 is 0 Å². The zero-order valence-electron chi connectivity index (χ0n) is 20.7. The second kappa shape index (κ2) is 11.1. The molecule has 1 aromatic heterocycles. The first kappa shape index (κ1) is 26.5. The minimum atomic E-state index is -1.21. The van der Waals surface area contributed by atoms with E-state index in [0.29, 0.717) is 31.9 Å². The van der Waals surface area contributed by atoms with Gasteiger partial charge in [-0.25, -0.2) is 13.8 Å². The van der Waals surface area contributed by atoms with E-state index >= 15 is 0 Å². The van der Waals surface area contributed by atoms with Crippen molar-refractivity contribution >= 4 is 5.91 Å². The van der Waals surface area contributed by atoms with Crippen molar-refractivity contribution in [1.29, 1.82) is 0 Å². The van der Waals surface area contributed by atoms with Crippen molar-refractivity contribution < 1.29 is 18.7 Å². The van der Waals surface area contributed by atoms with E-state index in [0.717, 1.165) is 23.8 Å². The lowest BCUT2D eigenvalue weighted by molar-refractivity contribution is -0.145. The molecule has 35 heavy (non-hydrogen) atoms. The molecule has 3 N–H and O–H groups in total. The van der Waals surface area contributed by atoms with Crippen LogP contribution in [0.15, 0.2) is 54.7 Å². The van der Waals surface area contributed by atoms with Crippen LogP contribution in [0.1, 0.15) is 51.5 Å². The zero-order chi connectivity index (χ0) is 25.8. The highest BCUT2D eigenvalue weighted by molar-refractivity contribution is 5.80. The molecule has 3 aromatic rings. The summed E-state index contributed by atoms with van der Waals surface area (Å²) in [6, 6.07) is 12.4. The Balaban J connectivity index is 2.22. The van der Waals surface area contributed by atoms with Crippen LogP contribution in [0, 0.1) is 17.0 Å². The van der Waals surface area contributed by atoms with Gasteiger partial charge in [0.25, 0.3) is 5.91 Å². The summed E-state index contributed by atoms with van der Waals surface area (Å²) in [4.78, 5) is 19.5. The second-order valence-corrected chi connectivity index (χ2v) is 9.84. The van der Waals surface area contributed by atoms with Crippen LogP contribution in [-0.2, 0) is 11.3 Å². The van der Waals surface area contributed by atoms with E-state index in [4.69, 9.17) is 10.7 Å². The number of carbonyl (C=O) groups is 1. The highest BCUT2D eigenvalue weighted by Crippen LogP contribution is 2.39. The number of amides is 1. The number of nitrogens with two attached hydrogens (primary N) is 1. The van der Waals surface area contributed by atoms with Crippen LogP contribution >= 0.6 is 0 Å². The Morgan fingerprint density at radius 2 is 1.86 bits per heavy atom. The molecule has 0 bridgehead atoms. The number of benzene rings is 2. The average Bonchev–Trinajstić information content (AvgIpc) is 3.19. The number of carbonyl (C=O) groups excluding carboxylic acids is 1. The highest BCUT2D eigenvalue weighted by Gasteiger charge is 2.39. The molecule has 0 aliphatic rings. The summed E-state index contributed by atoms with van der Waals surface area (Å²) in [6.45, 7) is 8.48. The van der Waals surface area contributed by atoms with Crippen molar-refractivity contribution in [2.24, 2.45) is 11.1 Å². The molecule has 8 heteroatoms. The largest absolute Gasteiger partial charge is 0.384 e. The Bertz CT molecular complexity index is 1140. The molecular formula is C27H34F2N4O2. The number of rotatable bonds is 9. The second-order valence-electron chi connectivity index (χ2n) is 9.84. The van der Waals surface area contributed by atoms with Crippen molar-refractivity contribution in [2.45, 2.75) is 52.8 Å². The quantitative estimate of drug-likeness (QED) is 0.468. The molecule has 2 aromatic carbocycles. The van der Waals surface area contributed by atoms with Gasteiger partial charge in [-0.1, -0.05) is 51.1 Å². The molecule has 1 amide bonds. The predicted octanol–water partition coefficient (Wildman–Crippen LogP) is 4.52. The summed E-state index contributed by atoms with van der Waals surface area (Å²) >= 11 is 0. The van der Waals surface area contributed by atoms with E-state index in [9.17, 15) is 18.7 Å². The maximum atomic E-state index is 14.7. The van der Waals surface area contributed by atoms with Crippen LogP contribution in [0.2, 0.25) is 0 Å². The molecule has 0 fully saturated rings. The molecule has 1 heterocycles. The van der Waals surface area contributed by atoms with Gasteiger partial charge in [-0.2, -0.15) is 0 Å². The number of halogens is 2. The van der Waals surface area contributed by atoms with Gasteiger partial charge in [-0.3, -0.25) is 4.79 Å². The molecular weight excluding hydrogens is 450 g/mol. The lowest BCUT2D eigenvalue weighted by atomic mass is 9.84. The van der Waals surface area contributed by atoms with Gasteiger partial charge in [0.05, 0.1) is 11.7 Å². The van der Waals surface area contributed by atoms with Crippen molar-refractivity contribution in [1.82, 2.24) is 14.5 Å². The lowest BCUT2D eigenvalue weighted by Gasteiger charge is -2.40. The van der Waals surface area contributed by atoms with Crippen molar-refractivity contribution in [3.05, 3.63) is 77.8 Å². The SMILES string of the molecule is C[C@H](O)C(=O)N(CCCN)[C@@H](c1nc(-c2cc(F)ccc2F)cn1Cc1ccccc1)C(C)(C)C. The van der Waals surface area contributed by atoms with Gasteiger partial charge in [-0.15, -0.1) is 0 Å². The molecule has 6 nitrogen and oxygen atoms in total. The number of aromatic nitrogens is 2. The standard InChI is InChI=1S/C27H34F2N4O2/c1-18(34)26(35)33(14-8-13-30)24(27(2,3)4)25-31-23(21-15-20(28)11-12-22(21)29)17-32(25)16-19-9-6-5-7-10-19/h5-7,9-12,15,17-18,24,34H,8,13-14,16,30H2,1-4H3/t18-,24-/m0/s1. The molecule has 0 aliphatic heterocycles. The first-order valence-corrected chi connectivity index (χ1v) is 11.8. The minimum absolute atomic E-state index is 0.0427. The monoisotopic (exact) mass is 484 g/mol. The van der Waals surface area contributed by atoms with Crippen molar-refractivity contribution in [2.75, 3.05) is 13.1 Å². The third-order valence-electron chi connectivity index (χ3n) is 5.83. The van der Waals surface area contributed by atoms with E-state index < -0.39 is 35.1 Å². The first-order chi connectivity index (χ1) is 16.5. The fraction of sp³-hybridized carbons (Fsp3) is 0.407. The van der Waals surface area contributed by atoms with Crippen molar-refractivity contribution in [3.8, 4) is 11.3 Å². The first-order valence-electron chi connectivity index (χ1n) is 11.8. The van der Waals surface area contributed by atoms with Gasteiger partial charge in [0, 0.05) is 24.8 Å². The molecule has 0 unspecified atom stereocenters. The molecule has 0 radical (unpaired) electrons. The third kappa shape index (κ3) is 6.32. The Morgan fingerprint density at radius 3 is 2.46 bits per heavy atom. The van der Waals surface area contributed by atoms with Gasteiger partial charge < -0.3 is 20.3 Å². The molecule has 3 rings (SSSR count). The molecule has 0 saturated heterocycles. The summed E-state index contributed by atoms with van der Waals surface area (Å²) in [5.41, 5.74) is 6.54. The smallest absolute Gasteiger partial charge is 0.251 e. The molecule has 188 valence electrons. The average molecular weight is 485 g/mol. The van der Waals surface area contributed by atoms with Crippen molar-refractivity contribution in [3.63, 3.8) is 0 Å². The summed E-state index contributed by atoms with van der Waals surface area (Å²) in [5.74, 6) is -1.08. The van der Waals surface area contributed by atoms with Crippen LogP contribution in [-0.4, -0.2) is 44.7 Å². The van der Waals surface area contributed by atoms with Gasteiger partial charge in [0.15, 0.2) is 0 Å². The summed E-state index contributed by atoms with van der Waals surface area (Å²) in [6.07, 6.45) is 1.01. The normalized spacial score (nSPS) is 13.5. The molecule has 0 spiro atoms. The van der Waals surface area contributed by atoms with Crippen LogP contribution in [0.5, 0.6) is 0 Å². The Kier molecular flexibility index (Phi) is 8.40. The molecule has 2 atom stereocenters.